The first-order valence-corrected chi connectivity index (χ1v) is 12.1. The summed E-state index contributed by atoms with van der Waals surface area (Å²) in [6, 6.07) is 15.5. The lowest BCUT2D eigenvalue weighted by atomic mass is 9.95. The van der Waals surface area contributed by atoms with Crippen molar-refractivity contribution in [3.05, 3.63) is 83.1 Å². The Bertz CT molecular complexity index is 1310. The number of nitrogens with zero attached hydrogens (tertiary/aromatic N) is 2. The maximum Gasteiger partial charge on any atom is 0.459 e. The van der Waals surface area contributed by atoms with Crippen LogP contribution in [0.25, 0.3) is 11.1 Å². The van der Waals surface area contributed by atoms with E-state index in [1.165, 1.54) is 6.07 Å². The molecule has 1 aliphatic rings. The SMILES string of the molecule is CS(=O)c1ccc(-c2cccc(C3CC(C(F)(F)C(F)(F)F)=NN3c3ccc(F)cc3Cl)c2)cc1. The molecule has 2 atom stereocenters. The van der Waals surface area contributed by atoms with Crippen LogP contribution in [0.4, 0.5) is 32.0 Å². The molecule has 0 saturated carbocycles. The van der Waals surface area contributed by atoms with E-state index in [2.05, 4.69) is 5.10 Å². The number of hydrazone groups is 1. The molecule has 11 heteroatoms. The van der Waals surface area contributed by atoms with Gasteiger partial charge < -0.3 is 0 Å². The lowest BCUT2D eigenvalue weighted by molar-refractivity contribution is -0.249. The molecular formula is C24H17ClF6N2OS. The highest BCUT2D eigenvalue weighted by Crippen LogP contribution is 2.46. The summed E-state index contributed by atoms with van der Waals surface area (Å²) in [7, 11) is -1.17. The number of hydrogen-bond acceptors (Lipinski definition) is 3. The Labute approximate surface area is 204 Å². The standard InChI is InChI=1S/C24H17ClF6N2OS/c1-35(34)18-8-5-14(6-9-18)15-3-2-4-16(11-15)21-13-22(23(27,28)24(29,30)31)32-33(21)20-10-7-17(26)12-19(20)25/h2-12,21H,13H2,1H3. The van der Waals surface area contributed by atoms with Crippen LogP contribution in [0.1, 0.15) is 18.0 Å². The molecule has 3 aromatic carbocycles. The van der Waals surface area contributed by atoms with Crippen LogP contribution in [0, 0.1) is 5.82 Å². The van der Waals surface area contributed by atoms with Crippen LogP contribution < -0.4 is 5.01 Å². The van der Waals surface area contributed by atoms with Crippen molar-refractivity contribution in [1.29, 1.82) is 0 Å². The average Bonchev–Trinajstić information content (AvgIpc) is 3.24. The van der Waals surface area contributed by atoms with Crippen molar-refractivity contribution >= 4 is 33.8 Å². The molecule has 1 aliphatic heterocycles. The predicted molar refractivity (Wildman–Crippen MR) is 124 cm³/mol. The van der Waals surface area contributed by atoms with Crippen LogP contribution in [0.5, 0.6) is 0 Å². The Morgan fingerprint density at radius 1 is 0.971 bits per heavy atom. The minimum absolute atomic E-state index is 0.00813. The number of anilines is 1. The monoisotopic (exact) mass is 530 g/mol. The van der Waals surface area contributed by atoms with Crippen LogP contribution in [-0.4, -0.2) is 28.3 Å². The van der Waals surface area contributed by atoms with Gasteiger partial charge >= 0.3 is 12.1 Å². The first-order chi connectivity index (χ1) is 16.4. The second-order valence-corrected chi connectivity index (χ2v) is 9.67. The average molecular weight is 531 g/mol. The number of halogens is 7. The van der Waals surface area contributed by atoms with E-state index in [9.17, 15) is 30.6 Å². The van der Waals surface area contributed by atoms with Crippen molar-refractivity contribution in [2.75, 3.05) is 11.3 Å². The number of rotatable bonds is 5. The highest BCUT2D eigenvalue weighted by molar-refractivity contribution is 7.84. The molecule has 3 nitrogen and oxygen atoms in total. The minimum Gasteiger partial charge on any atom is -0.256 e. The molecule has 2 unspecified atom stereocenters. The summed E-state index contributed by atoms with van der Waals surface area (Å²) in [5.41, 5.74) is 0.425. The molecule has 0 fully saturated rings. The van der Waals surface area contributed by atoms with Gasteiger partial charge in [-0.25, -0.2) is 4.39 Å². The van der Waals surface area contributed by atoms with Gasteiger partial charge in [0.25, 0.3) is 0 Å². The van der Waals surface area contributed by atoms with Crippen molar-refractivity contribution in [1.82, 2.24) is 0 Å². The number of hydrogen-bond donors (Lipinski definition) is 0. The lowest BCUT2D eigenvalue weighted by Gasteiger charge is -2.25. The molecule has 0 N–H and O–H groups in total. The second-order valence-electron chi connectivity index (χ2n) is 7.88. The quantitative estimate of drug-likeness (QED) is 0.322. The third kappa shape index (κ3) is 4.95. The third-order valence-electron chi connectivity index (χ3n) is 5.58. The summed E-state index contributed by atoms with van der Waals surface area (Å²) in [5, 5.41) is 4.40. The van der Waals surface area contributed by atoms with Crippen molar-refractivity contribution in [2.45, 2.75) is 29.5 Å². The van der Waals surface area contributed by atoms with E-state index in [4.69, 9.17) is 11.6 Å². The van der Waals surface area contributed by atoms with Crippen LogP contribution in [-0.2, 0) is 10.8 Å². The fourth-order valence-electron chi connectivity index (χ4n) is 3.78. The Hall–Kier alpha value is -2.85. The highest BCUT2D eigenvalue weighted by atomic mass is 35.5. The largest absolute Gasteiger partial charge is 0.459 e. The molecule has 4 rings (SSSR count). The first-order valence-electron chi connectivity index (χ1n) is 10.2. The maximum absolute atomic E-state index is 14.2. The third-order valence-corrected chi connectivity index (χ3v) is 6.82. The van der Waals surface area contributed by atoms with E-state index < -0.39 is 46.9 Å². The van der Waals surface area contributed by atoms with E-state index in [0.717, 1.165) is 22.7 Å². The predicted octanol–water partition coefficient (Wildman–Crippen LogP) is 7.39. The van der Waals surface area contributed by atoms with Gasteiger partial charge in [-0.05, 0) is 53.1 Å². The summed E-state index contributed by atoms with van der Waals surface area (Å²) >= 11 is 6.10. The van der Waals surface area contributed by atoms with E-state index in [1.54, 1.807) is 54.8 Å². The Kier molecular flexibility index (Phi) is 6.72. The van der Waals surface area contributed by atoms with E-state index in [1.807, 2.05) is 0 Å². The molecule has 0 amide bonds. The smallest absolute Gasteiger partial charge is 0.256 e. The fourth-order valence-corrected chi connectivity index (χ4v) is 4.55. The molecule has 184 valence electrons. The fraction of sp³-hybridized carbons (Fsp3) is 0.208. The zero-order chi connectivity index (χ0) is 25.5. The van der Waals surface area contributed by atoms with Gasteiger partial charge in [-0.15, -0.1) is 0 Å². The summed E-state index contributed by atoms with van der Waals surface area (Å²) in [6.07, 6.45) is -5.02. The van der Waals surface area contributed by atoms with E-state index in [0.29, 0.717) is 16.0 Å². The molecule has 0 aromatic heterocycles. The Morgan fingerprint density at radius 2 is 1.66 bits per heavy atom. The van der Waals surface area contributed by atoms with Gasteiger partial charge in [0.05, 0.1) is 16.8 Å². The Morgan fingerprint density at radius 3 is 2.26 bits per heavy atom. The van der Waals surface area contributed by atoms with Gasteiger partial charge in [0.15, 0.2) is 0 Å². The van der Waals surface area contributed by atoms with Gasteiger partial charge in [-0.3, -0.25) is 9.22 Å². The van der Waals surface area contributed by atoms with Crippen molar-refractivity contribution in [2.24, 2.45) is 5.10 Å². The maximum atomic E-state index is 14.2. The summed E-state index contributed by atoms with van der Waals surface area (Å²) < 4.78 is 93.0. The summed E-state index contributed by atoms with van der Waals surface area (Å²) in [5.74, 6) is -5.85. The molecule has 0 bridgehead atoms. The van der Waals surface area contributed by atoms with Crippen LogP contribution in [0.15, 0.2) is 76.7 Å². The van der Waals surface area contributed by atoms with Crippen LogP contribution in [0.2, 0.25) is 5.02 Å². The second kappa shape index (κ2) is 9.31. The van der Waals surface area contributed by atoms with Crippen molar-refractivity contribution in [3.8, 4) is 11.1 Å². The molecule has 0 radical (unpaired) electrons. The lowest BCUT2D eigenvalue weighted by Crippen LogP contribution is -2.43. The van der Waals surface area contributed by atoms with Gasteiger partial charge in [-0.1, -0.05) is 41.9 Å². The first kappa shape index (κ1) is 25.2. The topological polar surface area (TPSA) is 32.7 Å². The number of alkyl halides is 5. The van der Waals surface area contributed by atoms with Crippen LogP contribution >= 0.6 is 11.6 Å². The normalized spacial score (nSPS) is 17.4. The van der Waals surface area contributed by atoms with Crippen LogP contribution in [0.3, 0.4) is 0 Å². The van der Waals surface area contributed by atoms with Gasteiger partial charge in [0.2, 0.25) is 0 Å². The summed E-state index contributed by atoms with van der Waals surface area (Å²) in [6.45, 7) is 0. The molecule has 0 spiro atoms. The highest BCUT2D eigenvalue weighted by Gasteiger charge is 2.62. The summed E-state index contributed by atoms with van der Waals surface area (Å²) in [4.78, 5) is 0.616. The van der Waals surface area contributed by atoms with Gasteiger partial charge in [0, 0.05) is 28.4 Å². The molecular weight excluding hydrogens is 514 g/mol. The van der Waals surface area contributed by atoms with Gasteiger partial charge in [-0.2, -0.15) is 27.1 Å². The molecule has 3 aromatic rings. The zero-order valence-electron chi connectivity index (χ0n) is 18.0. The molecule has 0 saturated heterocycles. The number of benzene rings is 3. The van der Waals surface area contributed by atoms with Gasteiger partial charge in [0.1, 0.15) is 11.5 Å². The molecule has 1 heterocycles. The van der Waals surface area contributed by atoms with Crippen molar-refractivity contribution in [3.63, 3.8) is 0 Å². The zero-order valence-corrected chi connectivity index (χ0v) is 19.6. The molecule has 0 aliphatic carbocycles. The van der Waals surface area contributed by atoms with E-state index in [-0.39, 0.29) is 10.7 Å². The van der Waals surface area contributed by atoms with E-state index >= 15 is 0 Å². The molecule has 35 heavy (non-hydrogen) atoms. The minimum atomic E-state index is -5.83. The Balaban J connectivity index is 1.77. The van der Waals surface area contributed by atoms with Crippen molar-refractivity contribution < 1.29 is 30.6 Å².